The predicted octanol–water partition coefficient (Wildman–Crippen LogP) is 1.70. The number of hydrogen-bond acceptors (Lipinski definition) is 4. The lowest BCUT2D eigenvalue weighted by atomic mass is 10.1. The number of nitrogens with two attached hydrogens (primary N) is 1. The van der Waals surface area contributed by atoms with Crippen molar-refractivity contribution in [3.05, 3.63) is 29.3 Å². The summed E-state index contributed by atoms with van der Waals surface area (Å²) in [7, 11) is -4.13. The molecule has 1 aliphatic rings. The van der Waals surface area contributed by atoms with E-state index in [0.717, 1.165) is 12.5 Å². The van der Waals surface area contributed by atoms with Gasteiger partial charge >= 0.3 is 0 Å². The van der Waals surface area contributed by atoms with Gasteiger partial charge < -0.3 is 11.1 Å². The summed E-state index contributed by atoms with van der Waals surface area (Å²) < 4.78 is 54.5. The fourth-order valence-electron chi connectivity index (χ4n) is 2.90. The fourth-order valence-corrected chi connectivity index (χ4v) is 4.73. The van der Waals surface area contributed by atoms with Crippen LogP contribution in [0.25, 0.3) is 0 Å². The summed E-state index contributed by atoms with van der Waals surface area (Å²) in [6, 6.07) is 1.13. The molecule has 0 bridgehead atoms. The SMILES string of the molecule is Cc1cc(S(=O)(=O)N2CCCCC2CNC(=O)CCN)c(F)cc1F.Cl. The number of piperidine rings is 1. The third-order valence-corrected chi connectivity index (χ3v) is 6.25. The van der Waals surface area contributed by atoms with Crippen molar-refractivity contribution in [3.8, 4) is 0 Å². The molecule has 1 fully saturated rings. The van der Waals surface area contributed by atoms with Crippen molar-refractivity contribution in [1.82, 2.24) is 9.62 Å². The number of benzene rings is 1. The topological polar surface area (TPSA) is 92.5 Å². The van der Waals surface area contributed by atoms with E-state index in [9.17, 15) is 22.0 Å². The van der Waals surface area contributed by atoms with Crippen LogP contribution >= 0.6 is 12.4 Å². The second kappa shape index (κ2) is 9.59. The zero-order valence-electron chi connectivity index (χ0n) is 14.5. The Kier molecular flexibility index (Phi) is 8.39. The van der Waals surface area contributed by atoms with E-state index in [1.54, 1.807) is 0 Å². The summed E-state index contributed by atoms with van der Waals surface area (Å²) in [6.45, 7) is 1.96. The number of rotatable bonds is 6. The first-order valence-electron chi connectivity index (χ1n) is 8.21. The van der Waals surface area contributed by atoms with Crippen molar-refractivity contribution in [1.29, 1.82) is 0 Å². The van der Waals surface area contributed by atoms with E-state index in [2.05, 4.69) is 5.32 Å². The quantitative estimate of drug-likeness (QED) is 0.745. The monoisotopic (exact) mass is 411 g/mol. The highest BCUT2D eigenvalue weighted by atomic mass is 35.5. The Morgan fingerprint density at radius 1 is 1.31 bits per heavy atom. The van der Waals surface area contributed by atoms with Crippen molar-refractivity contribution in [2.75, 3.05) is 19.6 Å². The number of carbonyl (C=O) groups excluding carboxylic acids is 1. The van der Waals surface area contributed by atoms with Gasteiger partial charge in [0, 0.05) is 38.2 Å². The number of aryl methyl sites for hydroxylation is 1. The maximum absolute atomic E-state index is 14.1. The molecule has 1 aromatic rings. The normalized spacial score (nSPS) is 18.2. The van der Waals surface area contributed by atoms with Crippen LogP contribution in [0.2, 0.25) is 0 Å². The molecule has 1 amide bonds. The van der Waals surface area contributed by atoms with E-state index in [1.807, 2.05) is 0 Å². The number of sulfonamides is 1. The Morgan fingerprint density at radius 2 is 2.00 bits per heavy atom. The van der Waals surface area contributed by atoms with Gasteiger partial charge in [0.25, 0.3) is 0 Å². The maximum Gasteiger partial charge on any atom is 0.246 e. The molecule has 0 aliphatic carbocycles. The molecular weight excluding hydrogens is 388 g/mol. The van der Waals surface area contributed by atoms with Crippen LogP contribution < -0.4 is 11.1 Å². The van der Waals surface area contributed by atoms with Crippen LogP contribution in [0.5, 0.6) is 0 Å². The summed E-state index contributed by atoms with van der Waals surface area (Å²) >= 11 is 0. The lowest BCUT2D eigenvalue weighted by Gasteiger charge is -2.34. The van der Waals surface area contributed by atoms with E-state index < -0.39 is 32.6 Å². The lowest BCUT2D eigenvalue weighted by molar-refractivity contribution is -0.121. The number of nitrogens with one attached hydrogen (secondary N) is 1. The molecule has 1 aromatic carbocycles. The van der Waals surface area contributed by atoms with Gasteiger partial charge in [-0.2, -0.15) is 4.31 Å². The molecular formula is C16H24ClF2N3O3S. The smallest absolute Gasteiger partial charge is 0.246 e. The van der Waals surface area contributed by atoms with Crippen molar-refractivity contribution < 1.29 is 22.0 Å². The van der Waals surface area contributed by atoms with Gasteiger partial charge in [-0.1, -0.05) is 6.42 Å². The minimum absolute atomic E-state index is 0. The van der Waals surface area contributed by atoms with E-state index in [4.69, 9.17) is 5.73 Å². The van der Waals surface area contributed by atoms with E-state index in [1.165, 1.54) is 11.2 Å². The molecule has 1 atom stereocenters. The first-order chi connectivity index (χ1) is 11.8. The molecule has 10 heteroatoms. The predicted molar refractivity (Wildman–Crippen MR) is 96.6 cm³/mol. The van der Waals surface area contributed by atoms with Crippen LogP contribution in [0.15, 0.2) is 17.0 Å². The number of amides is 1. The highest BCUT2D eigenvalue weighted by Gasteiger charge is 2.35. The van der Waals surface area contributed by atoms with Crippen molar-refractivity contribution in [2.24, 2.45) is 5.73 Å². The maximum atomic E-state index is 14.1. The largest absolute Gasteiger partial charge is 0.354 e. The third kappa shape index (κ3) is 5.12. The Balaban J connectivity index is 0.00000338. The molecule has 148 valence electrons. The second-order valence-electron chi connectivity index (χ2n) is 6.14. The van der Waals surface area contributed by atoms with Gasteiger partial charge in [-0.05, 0) is 31.4 Å². The highest BCUT2D eigenvalue weighted by molar-refractivity contribution is 7.89. The first-order valence-corrected chi connectivity index (χ1v) is 9.65. The second-order valence-corrected chi connectivity index (χ2v) is 8.00. The van der Waals surface area contributed by atoms with Gasteiger partial charge in [0.05, 0.1) is 0 Å². The fraction of sp³-hybridized carbons (Fsp3) is 0.562. The van der Waals surface area contributed by atoms with Gasteiger partial charge in [-0.15, -0.1) is 12.4 Å². The van der Waals surface area contributed by atoms with Crippen molar-refractivity contribution >= 4 is 28.3 Å². The Bertz CT molecular complexity index is 747. The molecule has 3 N–H and O–H groups in total. The number of carbonyl (C=O) groups is 1. The molecule has 0 aromatic heterocycles. The lowest BCUT2D eigenvalue weighted by Crippen LogP contribution is -2.49. The van der Waals surface area contributed by atoms with E-state index >= 15 is 0 Å². The zero-order chi connectivity index (χ0) is 18.6. The molecule has 1 saturated heterocycles. The molecule has 0 spiro atoms. The van der Waals surface area contributed by atoms with Crippen molar-refractivity contribution in [3.63, 3.8) is 0 Å². The average molecular weight is 412 g/mol. The van der Waals surface area contributed by atoms with Crippen LogP contribution in [0.3, 0.4) is 0 Å². The summed E-state index contributed by atoms with van der Waals surface area (Å²) in [6.07, 6.45) is 2.18. The summed E-state index contributed by atoms with van der Waals surface area (Å²) in [5.41, 5.74) is 5.37. The van der Waals surface area contributed by atoms with E-state index in [0.29, 0.717) is 18.9 Å². The molecule has 6 nitrogen and oxygen atoms in total. The minimum atomic E-state index is -4.13. The summed E-state index contributed by atoms with van der Waals surface area (Å²) in [5.74, 6) is -2.16. The number of nitrogens with zero attached hydrogens (tertiary/aromatic N) is 1. The Hall–Kier alpha value is -1.29. The summed E-state index contributed by atoms with van der Waals surface area (Å²) in [5, 5.41) is 2.66. The molecule has 0 saturated carbocycles. The molecule has 26 heavy (non-hydrogen) atoms. The minimum Gasteiger partial charge on any atom is -0.354 e. The number of halogens is 3. The average Bonchev–Trinajstić information content (AvgIpc) is 2.56. The third-order valence-electron chi connectivity index (χ3n) is 4.28. The van der Waals surface area contributed by atoms with Crippen LogP contribution in [-0.2, 0) is 14.8 Å². The van der Waals surface area contributed by atoms with Gasteiger partial charge in [0.1, 0.15) is 16.5 Å². The molecule has 1 heterocycles. The Labute approximate surface area is 158 Å². The van der Waals surface area contributed by atoms with E-state index in [-0.39, 0.29) is 49.9 Å². The highest BCUT2D eigenvalue weighted by Crippen LogP contribution is 2.28. The van der Waals surface area contributed by atoms with Crippen LogP contribution in [0.1, 0.15) is 31.2 Å². The molecule has 1 aliphatic heterocycles. The standard InChI is InChI=1S/C16H23F2N3O3S.ClH/c1-11-8-15(14(18)9-13(11)17)25(23,24)21-7-3-2-4-12(21)10-20-16(22)5-6-19;/h8-9,12H,2-7,10,19H2,1H3,(H,20,22);1H. The van der Waals surface area contributed by atoms with Gasteiger partial charge in [-0.3, -0.25) is 4.79 Å². The zero-order valence-corrected chi connectivity index (χ0v) is 16.1. The molecule has 0 radical (unpaired) electrons. The molecule has 1 unspecified atom stereocenters. The molecule has 2 rings (SSSR count). The van der Waals surface area contributed by atoms with Gasteiger partial charge in [0.2, 0.25) is 15.9 Å². The first kappa shape index (κ1) is 22.8. The Morgan fingerprint density at radius 3 is 2.65 bits per heavy atom. The van der Waals surface area contributed by atoms with Crippen LogP contribution in [0, 0.1) is 18.6 Å². The van der Waals surface area contributed by atoms with Gasteiger partial charge in [0.15, 0.2) is 0 Å². The van der Waals surface area contributed by atoms with Crippen molar-refractivity contribution in [2.45, 2.75) is 43.5 Å². The van der Waals surface area contributed by atoms with Crippen LogP contribution in [-0.4, -0.2) is 44.3 Å². The van der Waals surface area contributed by atoms with Gasteiger partial charge in [-0.25, -0.2) is 17.2 Å². The summed E-state index contributed by atoms with van der Waals surface area (Å²) in [4.78, 5) is 11.1. The van der Waals surface area contributed by atoms with Crippen LogP contribution in [0.4, 0.5) is 8.78 Å². The number of hydrogen-bond donors (Lipinski definition) is 2.